The Balaban J connectivity index is 2.05. The Morgan fingerprint density at radius 1 is 1.20 bits per heavy atom. The average Bonchev–Trinajstić information content (AvgIpc) is 2.46. The van der Waals surface area contributed by atoms with Gasteiger partial charge in [-0.05, 0) is 52.2 Å². The van der Waals surface area contributed by atoms with E-state index in [0.29, 0.717) is 6.61 Å². The summed E-state index contributed by atoms with van der Waals surface area (Å²) in [7, 11) is 0. The van der Waals surface area contributed by atoms with Gasteiger partial charge in [-0.1, -0.05) is 35.9 Å². The number of halogens is 1. The van der Waals surface area contributed by atoms with E-state index in [2.05, 4.69) is 47.1 Å². The molecule has 0 bridgehead atoms. The number of hydrogen-bond donors (Lipinski definition) is 0. The lowest BCUT2D eigenvalue weighted by molar-refractivity contribution is 0.304. The molecule has 0 aliphatic carbocycles. The molecular weight excluding hydrogens is 314 g/mol. The molecule has 0 N–H and O–H groups in total. The van der Waals surface area contributed by atoms with Crippen molar-refractivity contribution in [2.24, 2.45) is 0 Å². The summed E-state index contributed by atoms with van der Waals surface area (Å²) in [4.78, 5) is 0. The third-order valence-corrected chi connectivity index (χ3v) is 3.44. The molecule has 0 aliphatic rings. The fourth-order valence-corrected chi connectivity index (χ4v) is 2.23. The quantitative estimate of drug-likeness (QED) is 0.750. The second kappa shape index (κ2) is 6.93. The monoisotopic (exact) mass is 327 g/mol. The molecule has 0 fully saturated rings. The molecule has 20 heavy (non-hydrogen) atoms. The zero-order valence-electron chi connectivity index (χ0n) is 11.1. The van der Waals surface area contributed by atoms with Gasteiger partial charge in [-0.25, -0.2) is 0 Å². The van der Waals surface area contributed by atoms with Crippen molar-refractivity contribution in [2.75, 3.05) is 0 Å². The number of nitriles is 1. The molecule has 0 aliphatic heterocycles. The molecule has 0 aromatic heterocycles. The Morgan fingerprint density at radius 2 is 1.95 bits per heavy atom. The summed E-state index contributed by atoms with van der Waals surface area (Å²) < 4.78 is 6.67. The summed E-state index contributed by atoms with van der Waals surface area (Å²) in [5, 5.41) is 8.51. The molecule has 0 unspecified atom stereocenters. The van der Waals surface area contributed by atoms with Crippen LogP contribution in [0.4, 0.5) is 0 Å². The minimum Gasteiger partial charge on any atom is -0.488 e. The number of rotatable bonds is 4. The molecule has 0 spiro atoms. The van der Waals surface area contributed by atoms with Crippen molar-refractivity contribution in [1.29, 1.82) is 5.26 Å². The first-order chi connectivity index (χ1) is 9.69. The molecule has 2 rings (SSSR count). The van der Waals surface area contributed by atoms with Gasteiger partial charge in [0, 0.05) is 6.08 Å². The maximum absolute atomic E-state index is 8.51. The van der Waals surface area contributed by atoms with Gasteiger partial charge >= 0.3 is 0 Å². The third-order valence-electron chi connectivity index (χ3n) is 2.82. The lowest BCUT2D eigenvalue weighted by Gasteiger charge is -2.09. The number of ether oxygens (including phenoxy) is 1. The maximum atomic E-state index is 8.51. The largest absolute Gasteiger partial charge is 0.488 e. The third kappa shape index (κ3) is 3.97. The van der Waals surface area contributed by atoms with Crippen LogP contribution in [-0.4, -0.2) is 0 Å². The molecule has 3 heteroatoms. The number of aryl methyl sites for hydroxylation is 1. The Kier molecular flexibility index (Phi) is 4.97. The Morgan fingerprint density at radius 3 is 2.60 bits per heavy atom. The van der Waals surface area contributed by atoms with Crippen molar-refractivity contribution in [3.05, 3.63) is 69.7 Å². The van der Waals surface area contributed by atoms with Gasteiger partial charge in [0.25, 0.3) is 0 Å². The van der Waals surface area contributed by atoms with Crippen molar-refractivity contribution < 1.29 is 4.74 Å². The highest BCUT2D eigenvalue weighted by Gasteiger charge is 2.02. The molecule has 2 nitrogen and oxygen atoms in total. The van der Waals surface area contributed by atoms with E-state index in [1.807, 2.05) is 24.3 Å². The van der Waals surface area contributed by atoms with Gasteiger partial charge in [0.2, 0.25) is 0 Å². The van der Waals surface area contributed by atoms with Gasteiger partial charge in [0.1, 0.15) is 12.4 Å². The van der Waals surface area contributed by atoms with Crippen LogP contribution in [0.25, 0.3) is 6.08 Å². The summed E-state index contributed by atoms with van der Waals surface area (Å²) in [5.41, 5.74) is 3.33. The number of allylic oxidation sites excluding steroid dienone is 1. The summed E-state index contributed by atoms with van der Waals surface area (Å²) in [5.74, 6) is 0.791. The minimum atomic E-state index is 0.534. The first-order valence-corrected chi connectivity index (χ1v) is 7.02. The summed E-state index contributed by atoms with van der Waals surface area (Å²) in [6, 6.07) is 16.0. The van der Waals surface area contributed by atoms with Crippen LogP contribution < -0.4 is 4.74 Å². The van der Waals surface area contributed by atoms with Crippen molar-refractivity contribution >= 4 is 22.0 Å². The van der Waals surface area contributed by atoms with Crippen molar-refractivity contribution in [1.82, 2.24) is 0 Å². The number of nitrogens with zero attached hydrogens (tertiary/aromatic N) is 1. The van der Waals surface area contributed by atoms with E-state index in [0.717, 1.165) is 21.3 Å². The predicted octanol–water partition coefficient (Wildman–Crippen LogP) is 4.87. The van der Waals surface area contributed by atoms with Gasteiger partial charge in [-0.2, -0.15) is 5.26 Å². The van der Waals surface area contributed by atoms with Gasteiger partial charge in [-0.3, -0.25) is 0 Å². The van der Waals surface area contributed by atoms with Crippen molar-refractivity contribution in [2.45, 2.75) is 13.5 Å². The molecule has 100 valence electrons. The molecule has 2 aromatic rings. The van der Waals surface area contributed by atoms with Gasteiger partial charge in [0.15, 0.2) is 0 Å². The molecule has 0 saturated heterocycles. The minimum absolute atomic E-state index is 0.534. The first-order valence-electron chi connectivity index (χ1n) is 6.23. The van der Waals surface area contributed by atoms with E-state index < -0.39 is 0 Å². The Labute approximate surface area is 127 Å². The summed E-state index contributed by atoms with van der Waals surface area (Å²) in [6.07, 6.45) is 3.21. The van der Waals surface area contributed by atoms with E-state index in [1.165, 1.54) is 11.6 Å². The second-order valence-corrected chi connectivity index (χ2v) is 5.28. The highest BCUT2D eigenvalue weighted by Crippen LogP contribution is 2.27. The molecule has 0 atom stereocenters. The van der Waals surface area contributed by atoms with E-state index in [9.17, 15) is 0 Å². The Bertz CT molecular complexity index is 654. The van der Waals surface area contributed by atoms with Crippen LogP contribution in [0.2, 0.25) is 0 Å². The standard InChI is InChI=1S/C17H14BrNO/c1-13-4-6-15(7-5-13)12-20-17-9-8-14(3-2-10-19)11-16(17)18/h2-9,11H,12H2,1H3/b3-2+. The number of benzene rings is 2. The van der Waals surface area contributed by atoms with Crippen molar-refractivity contribution in [3.8, 4) is 11.8 Å². The fourth-order valence-electron chi connectivity index (χ4n) is 1.72. The molecule has 0 saturated carbocycles. The fraction of sp³-hybridized carbons (Fsp3) is 0.118. The second-order valence-electron chi connectivity index (χ2n) is 4.43. The first kappa shape index (κ1) is 14.4. The molecule has 0 radical (unpaired) electrons. The summed E-state index contributed by atoms with van der Waals surface area (Å²) in [6.45, 7) is 2.60. The highest BCUT2D eigenvalue weighted by molar-refractivity contribution is 9.10. The maximum Gasteiger partial charge on any atom is 0.134 e. The number of hydrogen-bond acceptors (Lipinski definition) is 2. The van der Waals surface area contributed by atoms with Crippen LogP contribution in [0.5, 0.6) is 5.75 Å². The van der Waals surface area contributed by atoms with E-state index in [4.69, 9.17) is 10.00 Å². The van der Waals surface area contributed by atoms with Crippen LogP contribution in [0, 0.1) is 18.3 Å². The summed E-state index contributed by atoms with van der Waals surface area (Å²) >= 11 is 3.48. The zero-order chi connectivity index (χ0) is 14.4. The van der Waals surface area contributed by atoms with Gasteiger partial charge in [0.05, 0.1) is 10.5 Å². The van der Waals surface area contributed by atoms with Gasteiger partial charge < -0.3 is 4.74 Å². The van der Waals surface area contributed by atoms with E-state index in [1.54, 1.807) is 6.08 Å². The topological polar surface area (TPSA) is 33.0 Å². The highest BCUT2D eigenvalue weighted by atomic mass is 79.9. The van der Waals surface area contributed by atoms with Crippen molar-refractivity contribution in [3.63, 3.8) is 0 Å². The Hall–Kier alpha value is -2.05. The van der Waals surface area contributed by atoms with Crippen LogP contribution >= 0.6 is 15.9 Å². The van der Waals surface area contributed by atoms with Crippen LogP contribution in [0.3, 0.4) is 0 Å². The lowest BCUT2D eigenvalue weighted by Crippen LogP contribution is -1.96. The predicted molar refractivity (Wildman–Crippen MR) is 84.3 cm³/mol. The molecular formula is C17H14BrNO. The van der Waals surface area contributed by atoms with E-state index in [-0.39, 0.29) is 0 Å². The molecule has 0 heterocycles. The van der Waals surface area contributed by atoms with E-state index >= 15 is 0 Å². The normalized spacial score (nSPS) is 10.4. The zero-order valence-corrected chi connectivity index (χ0v) is 12.7. The average molecular weight is 328 g/mol. The molecule has 0 amide bonds. The van der Waals surface area contributed by atoms with Crippen LogP contribution in [-0.2, 0) is 6.61 Å². The van der Waals surface area contributed by atoms with Crippen LogP contribution in [0.15, 0.2) is 53.0 Å². The molecule has 2 aromatic carbocycles. The van der Waals surface area contributed by atoms with Gasteiger partial charge in [-0.15, -0.1) is 0 Å². The lowest BCUT2D eigenvalue weighted by atomic mass is 10.2. The SMILES string of the molecule is Cc1ccc(COc2ccc(/C=C/C#N)cc2Br)cc1. The smallest absolute Gasteiger partial charge is 0.134 e. The van der Waals surface area contributed by atoms with Crippen LogP contribution in [0.1, 0.15) is 16.7 Å².